The van der Waals surface area contributed by atoms with E-state index in [2.05, 4.69) is 23.6 Å². The molecular formula is C19H31FN2. The van der Waals surface area contributed by atoms with Gasteiger partial charge in [-0.25, -0.2) is 4.39 Å². The van der Waals surface area contributed by atoms with E-state index in [-0.39, 0.29) is 5.82 Å². The van der Waals surface area contributed by atoms with Gasteiger partial charge in [0.05, 0.1) is 5.69 Å². The molecule has 2 aliphatic rings. The molecule has 1 aliphatic carbocycles. The van der Waals surface area contributed by atoms with Crippen molar-refractivity contribution in [3.8, 4) is 0 Å². The van der Waals surface area contributed by atoms with Gasteiger partial charge < -0.3 is 9.80 Å². The van der Waals surface area contributed by atoms with E-state index in [4.69, 9.17) is 0 Å². The predicted octanol–water partition coefficient (Wildman–Crippen LogP) is 4.55. The molecule has 0 atom stereocenters. The average Bonchev–Trinajstić information content (AvgIpc) is 2.57. The van der Waals surface area contributed by atoms with Crippen molar-refractivity contribution in [1.82, 2.24) is 4.90 Å². The number of halogens is 1. The largest absolute Gasteiger partial charge is 0.367 e. The third-order valence-corrected chi connectivity index (χ3v) is 4.91. The maximum Gasteiger partial charge on any atom is 0.146 e. The average molecular weight is 306 g/mol. The van der Waals surface area contributed by atoms with Gasteiger partial charge in [0.1, 0.15) is 5.82 Å². The normalized spacial score (nSPS) is 20.4. The van der Waals surface area contributed by atoms with Crippen molar-refractivity contribution in [2.75, 3.05) is 37.6 Å². The van der Waals surface area contributed by atoms with E-state index in [1.165, 1.54) is 38.2 Å². The zero-order valence-corrected chi connectivity index (χ0v) is 14.2. The molecular weight excluding hydrogens is 275 g/mol. The monoisotopic (exact) mass is 306 g/mol. The number of hydrogen-bond donors (Lipinski definition) is 0. The summed E-state index contributed by atoms with van der Waals surface area (Å²) in [4.78, 5) is 4.51. The van der Waals surface area contributed by atoms with E-state index in [0.717, 1.165) is 44.3 Å². The van der Waals surface area contributed by atoms with Crippen LogP contribution in [0.4, 0.5) is 10.1 Å². The first kappa shape index (κ1) is 17.3. The van der Waals surface area contributed by atoms with E-state index < -0.39 is 0 Å². The Balaban J connectivity index is 0.000000211. The van der Waals surface area contributed by atoms with Crippen molar-refractivity contribution in [3.63, 3.8) is 0 Å². The van der Waals surface area contributed by atoms with Crippen molar-refractivity contribution < 1.29 is 4.39 Å². The molecule has 0 unspecified atom stereocenters. The standard InChI is InChI=1S/C12H17FN2.C7H14/c1-2-14-7-9-15(10-8-14)12-6-4-3-5-11(12)13;1-7-5-3-2-4-6-7/h3-6H,2,7-10H2,1H3;7H,2-6H2,1H3. The SMILES string of the molecule is CC1CCCCC1.CCN1CCN(c2ccccc2F)CC1. The summed E-state index contributed by atoms with van der Waals surface area (Å²) in [6.07, 6.45) is 7.44. The summed E-state index contributed by atoms with van der Waals surface area (Å²) in [7, 11) is 0. The number of benzene rings is 1. The van der Waals surface area contributed by atoms with E-state index in [1.807, 2.05) is 12.1 Å². The number of anilines is 1. The first-order valence-electron chi connectivity index (χ1n) is 8.92. The number of likely N-dealkylation sites (N-methyl/N-ethyl adjacent to an activating group) is 1. The molecule has 1 aromatic rings. The highest BCUT2D eigenvalue weighted by Crippen LogP contribution is 2.22. The van der Waals surface area contributed by atoms with Gasteiger partial charge in [-0.05, 0) is 24.6 Å². The Morgan fingerprint density at radius 2 is 1.64 bits per heavy atom. The zero-order valence-electron chi connectivity index (χ0n) is 14.2. The molecule has 1 heterocycles. The summed E-state index contributed by atoms with van der Waals surface area (Å²) in [6.45, 7) is 9.53. The van der Waals surface area contributed by atoms with Crippen LogP contribution >= 0.6 is 0 Å². The first-order chi connectivity index (χ1) is 10.7. The van der Waals surface area contributed by atoms with Crippen LogP contribution in [0.5, 0.6) is 0 Å². The van der Waals surface area contributed by atoms with Crippen molar-refractivity contribution in [2.24, 2.45) is 5.92 Å². The predicted molar refractivity (Wildman–Crippen MR) is 93.0 cm³/mol. The van der Waals surface area contributed by atoms with Crippen molar-refractivity contribution >= 4 is 5.69 Å². The van der Waals surface area contributed by atoms with E-state index in [1.54, 1.807) is 6.07 Å². The molecule has 0 radical (unpaired) electrons. The van der Waals surface area contributed by atoms with E-state index in [0.29, 0.717) is 0 Å². The fourth-order valence-corrected chi connectivity index (χ4v) is 3.32. The number of rotatable bonds is 2. The van der Waals surface area contributed by atoms with Gasteiger partial charge in [0.2, 0.25) is 0 Å². The molecule has 2 nitrogen and oxygen atoms in total. The Hall–Kier alpha value is -1.09. The molecule has 2 fully saturated rings. The highest BCUT2D eigenvalue weighted by molar-refractivity contribution is 5.47. The van der Waals surface area contributed by atoms with Gasteiger partial charge >= 0.3 is 0 Å². The number of nitrogens with zero attached hydrogens (tertiary/aromatic N) is 2. The quantitative estimate of drug-likeness (QED) is 0.790. The van der Waals surface area contributed by atoms with Gasteiger partial charge in [-0.1, -0.05) is 58.1 Å². The molecule has 124 valence electrons. The number of para-hydroxylation sites is 1. The lowest BCUT2D eigenvalue weighted by Crippen LogP contribution is -2.46. The van der Waals surface area contributed by atoms with Crippen LogP contribution < -0.4 is 4.90 Å². The maximum absolute atomic E-state index is 13.5. The third kappa shape index (κ3) is 5.28. The molecule has 0 spiro atoms. The van der Waals surface area contributed by atoms with Gasteiger partial charge in [0, 0.05) is 26.2 Å². The van der Waals surface area contributed by atoms with Crippen LogP contribution in [0.25, 0.3) is 0 Å². The van der Waals surface area contributed by atoms with Crippen molar-refractivity contribution in [2.45, 2.75) is 46.0 Å². The third-order valence-electron chi connectivity index (χ3n) is 4.91. The lowest BCUT2D eigenvalue weighted by atomic mass is 9.91. The second-order valence-corrected chi connectivity index (χ2v) is 6.62. The fourth-order valence-electron chi connectivity index (χ4n) is 3.32. The summed E-state index contributed by atoms with van der Waals surface area (Å²) in [5.41, 5.74) is 0.744. The molecule has 0 N–H and O–H groups in total. The molecule has 0 aromatic heterocycles. The van der Waals surface area contributed by atoms with Gasteiger partial charge in [-0.2, -0.15) is 0 Å². The topological polar surface area (TPSA) is 6.48 Å². The Kier molecular flexibility index (Phi) is 7.17. The smallest absolute Gasteiger partial charge is 0.146 e. The fraction of sp³-hybridized carbons (Fsp3) is 0.684. The van der Waals surface area contributed by atoms with Gasteiger partial charge in [-0.3, -0.25) is 0 Å². The van der Waals surface area contributed by atoms with Gasteiger partial charge in [0.15, 0.2) is 0 Å². The van der Waals surface area contributed by atoms with Gasteiger partial charge in [-0.15, -0.1) is 0 Å². The molecule has 3 rings (SSSR count). The van der Waals surface area contributed by atoms with Crippen LogP contribution in [0.3, 0.4) is 0 Å². The Morgan fingerprint density at radius 3 is 2.14 bits per heavy atom. The lowest BCUT2D eigenvalue weighted by Gasteiger charge is -2.35. The summed E-state index contributed by atoms with van der Waals surface area (Å²) in [6, 6.07) is 7.02. The number of hydrogen-bond acceptors (Lipinski definition) is 2. The van der Waals surface area contributed by atoms with Crippen molar-refractivity contribution in [1.29, 1.82) is 0 Å². The highest BCUT2D eigenvalue weighted by Gasteiger charge is 2.17. The molecule has 0 amide bonds. The van der Waals surface area contributed by atoms with E-state index in [9.17, 15) is 4.39 Å². The minimum atomic E-state index is -0.109. The summed E-state index contributed by atoms with van der Waals surface area (Å²) < 4.78 is 13.5. The summed E-state index contributed by atoms with van der Waals surface area (Å²) in [5, 5.41) is 0. The molecule has 0 bridgehead atoms. The molecule has 1 saturated carbocycles. The maximum atomic E-state index is 13.5. The number of piperazine rings is 1. The Morgan fingerprint density at radius 1 is 1.00 bits per heavy atom. The lowest BCUT2D eigenvalue weighted by molar-refractivity contribution is 0.270. The second kappa shape index (κ2) is 9.14. The van der Waals surface area contributed by atoms with Crippen LogP contribution in [0, 0.1) is 11.7 Å². The van der Waals surface area contributed by atoms with Crippen LogP contribution in [-0.2, 0) is 0 Å². The highest BCUT2D eigenvalue weighted by atomic mass is 19.1. The molecule has 1 aliphatic heterocycles. The minimum Gasteiger partial charge on any atom is -0.367 e. The van der Waals surface area contributed by atoms with Crippen LogP contribution in [0.2, 0.25) is 0 Å². The van der Waals surface area contributed by atoms with Crippen LogP contribution in [0.15, 0.2) is 24.3 Å². The zero-order chi connectivity index (χ0) is 15.8. The van der Waals surface area contributed by atoms with E-state index >= 15 is 0 Å². The minimum absolute atomic E-state index is 0.109. The molecule has 3 heteroatoms. The second-order valence-electron chi connectivity index (χ2n) is 6.62. The molecule has 1 saturated heterocycles. The van der Waals surface area contributed by atoms with Crippen LogP contribution in [-0.4, -0.2) is 37.6 Å². The molecule has 22 heavy (non-hydrogen) atoms. The Bertz CT molecular complexity index is 421. The molecule has 1 aromatic carbocycles. The summed E-state index contributed by atoms with van der Waals surface area (Å²) in [5.74, 6) is 0.927. The first-order valence-corrected chi connectivity index (χ1v) is 8.92. The van der Waals surface area contributed by atoms with Gasteiger partial charge in [0.25, 0.3) is 0 Å². The summed E-state index contributed by atoms with van der Waals surface area (Å²) >= 11 is 0. The van der Waals surface area contributed by atoms with Crippen LogP contribution in [0.1, 0.15) is 46.0 Å². The van der Waals surface area contributed by atoms with Crippen molar-refractivity contribution in [3.05, 3.63) is 30.1 Å². The Labute approximate surface area is 135 Å².